The Hall–Kier alpha value is -2.03. The van der Waals surface area contributed by atoms with Gasteiger partial charge in [-0.25, -0.2) is 0 Å². The fraction of sp³-hybridized carbons (Fsp3) is 0.0833. The highest BCUT2D eigenvalue weighted by molar-refractivity contribution is 6.06. The summed E-state index contributed by atoms with van der Waals surface area (Å²) in [5.41, 5.74) is 1.47. The molecule has 0 unspecified atom stereocenters. The highest BCUT2D eigenvalue weighted by Crippen LogP contribution is 2.16. The van der Waals surface area contributed by atoms with Crippen molar-refractivity contribution in [2.45, 2.75) is 0 Å². The van der Waals surface area contributed by atoms with Crippen LogP contribution < -0.4 is 5.32 Å². The second kappa shape index (κ2) is 4.00. The lowest BCUT2D eigenvalue weighted by Crippen LogP contribution is -2.22. The van der Waals surface area contributed by atoms with Crippen LogP contribution in [0.5, 0.6) is 0 Å². The summed E-state index contributed by atoms with van der Waals surface area (Å²) in [6, 6.07) is 7.62. The molecule has 0 fully saturated rings. The Morgan fingerprint density at radius 1 is 1.53 bits per heavy atom. The smallest absolute Gasteiger partial charge is 0.254 e. The lowest BCUT2D eigenvalue weighted by molar-refractivity contribution is 0.0959. The first-order valence-corrected chi connectivity index (χ1v) is 4.70. The van der Waals surface area contributed by atoms with Crippen molar-refractivity contribution in [2.24, 2.45) is 0 Å². The Balaban J connectivity index is 2.35. The van der Waals surface area contributed by atoms with Gasteiger partial charge >= 0.3 is 0 Å². The van der Waals surface area contributed by atoms with Crippen LogP contribution in [0.3, 0.4) is 0 Å². The molecule has 3 heteroatoms. The maximum absolute atomic E-state index is 11.7. The summed E-state index contributed by atoms with van der Waals surface area (Å²) in [7, 11) is 0. The van der Waals surface area contributed by atoms with Crippen molar-refractivity contribution in [2.75, 3.05) is 6.54 Å². The molecule has 0 saturated carbocycles. The molecule has 0 saturated heterocycles. The number of nitrogens with one attached hydrogen (secondary N) is 2. The zero-order valence-corrected chi connectivity index (χ0v) is 8.21. The van der Waals surface area contributed by atoms with Gasteiger partial charge in [0.15, 0.2) is 0 Å². The highest BCUT2D eigenvalue weighted by atomic mass is 16.1. The number of aromatic amines is 1. The molecule has 2 rings (SSSR count). The SMILES string of the molecule is C=CCNC(=O)c1[c][nH]c2ccccc12. The first-order valence-electron chi connectivity index (χ1n) is 4.70. The average Bonchev–Trinajstić information content (AvgIpc) is 2.69. The van der Waals surface area contributed by atoms with Gasteiger partial charge in [0.05, 0.1) is 11.8 Å². The van der Waals surface area contributed by atoms with Gasteiger partial charge in [0.25, 0.3) is 5.91 Å². The largest absolute Gasteiger partial charge is 0.353 e. The minimum absolute atomic E-state index is 0.132. The molecule has 75 valence electrons. The molecule has 0 aliphatic carbocycles. The van der Waals surface area contributed by atoms with Crippen LogP contribution in [0.4, 0.5) is 0 Å². The van der Waals surface area contributed by atoms with Crippen LogP contribution >= 0.6 is 0 Å². The van der Waals surface area contributed by atoms with Crippen LogP contribution in [0.1, 0.15) is 10.4 Å². The fourth-order valence-corrected chi connectivity index (χ4v) is 1.44. The summed E-state index contributed by atoms with van der Waals surface area (Å²) in [5.74, 6) is -0.132. The number of amides is 1. The van der Waals surface area contributed by atoms with Crippen LogP contribution in [0.15, 0.2) is 36.9 Å². The third-order valence-electron chi connectivity index (χ3n) is 2.15. The summed E-state index contributed by atoms with van der Waals surface area (Å²) >= 11 is 0. The predicted octanol–water partition coefficient (Wildman–Crippen LogP) is 1.88. The monoisotopic (exact) mass is 199 g/mol. The molecular formula is C12H11N2O. The van der Waals surface area contributed by atoms with Crippen LogP contribution in [-0.2, 0) is 0 Å². The molecule has 2 aromatic rings. The summed E-state index contributed by atoms with van der Waals surface area (Å²) in [5, 5.41) is 3.61. The summed E-state index contributed by atoms with van der Waals surface area (Å²) < 4.78 is 0. The first kappa shape index (κ1) is 9.52. The second-order valence-corrected chi connectivity index (χ2v) is 3.17. The van der Waals surface area contributed by atoms with Crippen molar-refractivity contribution in [3.63, 3.8) is 0 Å². The number of para-hydroxylation sites is 1. The van der Waals surface area contributed by atoms with Crippen molar-refractivity contribution in [1.82, 2.24) is 10.3 Å². The number of carbonyl (C=O) groups is 1. The Kier molecular flexibility index (Phi) is 2.54. The number of aromatic nitrogens is 1. The minimum atomic E-state index is -0.132. The van der Waals surface area contributed by atoms with E-state index >= 15 is 0 Å². The summed E-state index contributed by atoms with van der Waals surface area (Å²) in [6.07, 6.45) is 4.50. The van der Waals surface area contributed by atoms with E-state index in [1.807, 2.05) is 24.3 Å². The van der Waals surface area contributed by atoms with Gasteiger partial charge in [0, 0.05) is 17.4 Å². The number of carbonyl (C=O) groups excluding carboxylic acids is 1. The van der Waals surface area contributed by atoms with Crippen molar-refractivity contribution >= 4 is 16.8 Å². The molecule has 1 heterocycles. The van der Waals surface area contributed by atoms with E-state index in [2.05, 4.69) is 23.1 Å². The van der Waals surface area contributed by atoms with Crippen molar-refractivity contribution in [3.8, 4) is 0 Å². The minimum Gasteiger partial charge on any atom is -0.353 e. The molecule has 1 aromatic heterocycles. The molecule has 0 aliphatic rings. The van der Waals surface area contributed by atoms with E-state index < -0.39 is 0 Å². The zero-order chi connectivity index (χ0) is 10.7. The standard InChI is InChI=1S/C12H11N2O/c1-2-7-13-12(15)10-8-14-11-6-4-3-5-9(10)11/h2-6,14H,1,7H2,(H,13,15). The van der Waals surface area contributed by atoms with Crippen molar-refractivity contribution in [3.05, 3.63) is 48.7 Å². The molecule has 0 aliphatic heterocycles. The Morgan fingerprint density at radius 2 is 2.33 bits per heavy atom. The molecule has 15 heavy (non-hydrogen) atoms. The van der Waals surface area contributed by atoms with Gasteiger partial charge in [-0.2, -0.15) is 0 Å². The molecule has 1 aromatic carbocycles. The summed E-state index contributed by atoms with van der Waals surface area (Å²) in [4.78, 5) is 14.6. The molecule has 0 bridgehead atoms. The van der Waals surface area contributed by atoms with Crippen molar-refractivity contribution in [1.29, 1.82) is 0 Å². The van der Waals surface area contributed by atoms with E-state index in [0.717, 1.165) is 10.9 Å². The maximum atomic E-state index is 11.7. The first-order chi connectivity index (χ1) is 7.33. The van der Waals surface area contributed by atoms with Gasteiger partial charge in [0.2, 0.25) is 0 Å². The molecule has 1 amide bonds. The normalized spacial score (nSPS) is 10.1. The molecule has 2 N–H and O–H groups in total. The molecule has 0 atom stereocenters. The van der Waals surface area contributed by atoms with Crippen LogP contribution in [0.2, 0.25) is 0 Å². The predicted molar refractivity (Wildman–Crippen MR) is 59.7 cm³/mol. The third-order valence-corrected chi connectivity index (χ3v) is 2.15. The van der Waals surface area contributed by atoms with E-state index in [-0.39, 0.29) is 5.91 Å². The van der Waals surface area contributed by atoms with Crippen LogP contribution in [0, 0.1) is 6.20 Å². The van der Waals surface area contributed by atoms with Gasteiger partial charge < -0.3 is 10.3 Å². The Bertz CT molecular complexity index is 499. The van der Waals surface area contributed by atoms with E-state index in [4.69, 9.17) is 0 Å². The van der Waals surface area contributed by atoms with Gasteiger partial charge in [-0.3, -0.25) is 4.79 Å². The maximum Gasteiger partial charge on any atom is 0.254 e. The number of hydrogen-bond acceptors (Lipinski definition) is 1. The second-order valence-electron chi connectivity index (χ2n) is 3.17. The topological polar surface area (TPSA) is 44.9 Å². The number of rotatable bonds is 3. The number of H-pyrrole nitrogens is 1. The van der Waals surface area contributed by atoms with Gasteiger partial charge in [-0.1, -0.05) is 24.3 Å². The number of hydrogen-bond donors (Lipinski definition) is 2. The summed E-state index contributed by atoms with van der Waals surface area (Å²) in [6.45, 7) is 4.01. The zero-order valence-electron chi connectivity index (χ0n) is 8.21. The van der Waals surface area contributed by atoms with Crippen LogP contribution in [-0.4, -0.2) is 17.4 Å². The van der Waals surface area contributed by atoms with E-state index in [9.17, 15) is 4.79 Å². The fourth-order valence-electron chi connectivity index (χ4n) is 1.44. The van der Waals surface area contributed by atoms with E-state index in [1.165, 1.54) is 0 Å². The number of benzene rings is 1. The quantitative estimate of drug-likeness (QED) is 0.728. The molecule has 0 spiro atoms. The van der Waals surface area contributed by atoms with Gasteiger partial charge in [-0.15, -0.1) is 6.58 Å². The third kappa shape index (κ3) is 1.76. The molecule has 3 nitrogen and oxygen atoms in total. The lowest BCUT2D eigenvalue weighted by atomic mass is 10.1. The molecule has 1 radical (unpaired) electrons. The van der Waals surface area contributed by atoms with Crippen LogP contribution in [0.25, 0.3) is 10.9 Å². The lowest BCUT2D eigenvalue weighted by Gasteiger charge is -1.99. The Morgan fingerprint density at radius 3 is 3.13 bits per heavy atom. The average molecular weight is 199 g/mol. The number of fused-ring (bicyclic) bond motifs is 1. The van der Waals surface area contributed by atoms with Crippen molar-refractivity contribution < 1.29 is 4.79 Å². The Labute approximate surface area is 87.8 Å². The van der Waals surface area contributed by atoms with E-state index in [1.54, 1.807) is 6.08 Å². The van der Waals surface area contributed by atoms with E-state index in [0.29, 0.717) is 12.1 Å². The van der Waals surface area contributed by atoms with Gasteiger partial charge in [0.1, 0.15) is 0 Å². The van der Waals surface area contributed by atoms with Gasteiger partial charge in [-0.05, 0) is 6.07 Å². The highest BCUT2D eigenvalue weighted by Gasteiger charge is 2.10. The molecular weight excluding hydrogens is 188 g/mol.